The lowest BCUT2D eigenvalue weighted by Crippen LogP contribution is -2.15. The van der Waals surface area contributed by atoms with Crippen LogP contribution in [0.15, 0.2) is 164 Å². The smallest absolute Gasteiger partial charge is 0.194 e. The molecule has 0 atom stereocenters. The molecule has 61 heavy (non-hydrogen) atoms. The van der Waals surface area contributed by atoms with E-state index in [0.717, 1.165) is 82.4 Å². The molecule has 3 N–H and O–H groups in total. The number of phenols is 3. The summed E-state index contributed by atoms with van der Waals surface area (Å²) in [5.41, 5.74) is 9.37. The highest BCUT2D eigenvalue weighted by molar-refractivity contribution is 6.21. The van der Waals surface area contributed by atoms with Crippen molar-refractivity contribution in [2.45, 2.75) is 19.3 Å². The molecule has 3 aliphatic rings. The number of benzene rings is 9. The van der Waals surface area contributed by atoms with Gasteiger partial charge < -0.3 is 15.3 Å². The third-order valence-corrected chi connectivity index (χ3v) is 12.0. The quantitative estimate of drug-likeness (QED) is 0.132. The first-order valence-electron chi connectivity index (χ1n) is 19.9. The van der Waals surface area contributed by atoms with Crippen LogP contribution in [0.4, 0.5) is 0 Å². The Kier molecular flexibility index (Phi) is 10.1. The van der Waals surface area contributed by atoms with E-state index in [1.165, 1.54) is 0 Å². The molecule has 0 saturated carbocycles. The molecule has 3 aliphatic carbocycles. The summed E-state index contributed by atoms with van der Waals surface area (Å²) in [5, 5.41) is 36.2. The van der Waals surface area contributed by atoms with Crippen LogP contribution in [0.1, 0.15) is 81.1 Å². The molecule has 291 valence electrons. The molecule has 12 rings (SSSR count). The van der Waals surface area contributed by atoms with Gasteiger partial charge in [0.05, 0.1) is 0 Å². The van der Waals surface area contributed by atoms with E-state index in [2.05, 4.69) is 0 Å². The molecule has 0 bridgehead atoms. The lowest BCUT2D eigenvalue weighted by molar-refractivity contribution is 0.102. The molecule has 0 amide bonds. The molecular formula is C54H36AlO6. The second-order valence-electron chi connectivity index (χ2n) is 15.4. The molecule has 0 unspecified atom stereocenters. The molecule has 0 aromatic heterocycles. The van der Waals surface area contributed by atoms with E-state index in [-0.39, 0.29) is 52.0 Å². The summed E-state index contributed by atoms with van der Waals surface area (Å²) in [7, 11) is 0. The van der Waals surface area contributed by atoms with Crippen LogP contribution in [-0.2, 0) is 19.3 Å². The Morgan fingerprint density at radius 2 is 0.574 bits per heavy atom. The lowest BCUT2D eigenvalue weighted by Gasteiger charge is -2.21. The van der Waals surface area contributed by atoms with Crippen LogP contribution in [0.25, 0.3) is 32.3 Å². The van der Waals surface area contributed by atoms with Gasteiger partial charge in [-0.2, -0.15) is 0 Å². The molecule has 9 aromatic carbocycles. The van der Waals surface area contributed by atoms with E-state index in [4.69, 9.17) is 0 Å². The minimum atomic E-state index is 0. The Bertz CT molecular complexity index is 2940. The van der Waals surface area contributed by atoms with Crippen molar-refractivity contribution in [1.29, 1.82) is 0 Å². The van der Waals surface area contributed by atoms with Crippen LogP contribution in [0.2, 0.25) is 0 Å². The highest BCUT2D eigenvalue weighted by Crippen LogP contribution is 2.40. The molecule has 9 aromatic rings. The SMILES string of the molecule is O=C1c2ccccc2Cc2c(O)cc3ccccc3c21.O=C1c2ccccc2Cc2c(O)cc3ccccc3c21.O=C1c2ccccc2Cc2c(O)cc3ccccc3c21.[Al]. The maximum Gasteiger partial charge on any atom is 0.194 e. The van der Waals surface area contributed by atoms with Gasteiger partial charge in [-0.05, 0) is 67.2 Å². The molecule has 0 fully saturated rings. The largest absolute Gasteiger partial charge is 0.508 e. The van der Waals surface area contributed by atoms with Crippen LogP contribution < -0.4 is 0 Å². The number of hydrogen-bond acceptors (Lipinski definition) is 6. The van der Waals surface area contributed by atoms with Crippen molar-refractivity contribution in [3.8, 4) is 17.2 Å². The van der Waals surface area contributed by atoms with Gasteiger partial charge >= 0.3 is 0 Å². The van der Waals surface area contributed by atoms with E-state index in [1.807, 2.05) is 146 Å². The zero-order valence-electron chi connectivity index (χ0n) is 32.9. The number of aromatic hydroxyl groups is 3. The Morgan fingerprint density at radius 1 is 0.328 bits per heavy atom. The first-order chi connectivity index (χ1) is 29.3. The number of carbonyl (C=O) groups excluding carboxylic acids is 3. The molecular weight excluding hydrogens is 772 g/mol. The lowest BCUT2D eigenvalue weighted by atomic mass is 9.82. The van der Waals surface area contributed by atoms with Crippen LogP contribution >= 0.6 is 0 Å². The number of hydrogen-bond donors (Lipinski definition) is 3. The summed E-state index contributed by atoms with van der Waals surface area (Å²) >= 11 is 0. The molecule has 0 heterocycles. The molecule has 3 radical (unpaired) electrons. The molecule has 0 aliphatic heterocycles. The monoisotopic (exact) mass is 807 g/mol. The van der Waals surface area contributed by atoms with Crippen molar-refractivity contribution in [2.24, 2.45) is 0 Å². The average Bonchev–Trinajstić information content (AvgIpc) is 3.27. The van der Waals surface area contributed by atoms with Crippen LogP contribution in [0.3, 0.4) is 0 Å². The van der Waals surface area contributed by atoms with Gasteiger partial charge in [0.15, 0.2) is 17.3 Å². The van der Waals surface area contributed by atoms with E-state index < -0.39 is 0 Å². The second kappa shape index (κ2) is 15.7. The zero-order valence-corrected chi connectivity index (χ0v) is 34.0. The van der Waals surface area contributed by atoms with Crippen molar-refractivity contribution in [1.82, 2.24) is 0 Å². The predicted octanol–water partition coefficient (Wildman–Crippen LogP) is 10.7. The zero-order chi connectivity index (χ0) is 41.1. The topological polar surface area (TPSA) is 112 Å². The minimum Gasteiger partial charge on any atom is -0.508 e. The van der Waals surface area contributed by atoms with Crippen molar-refractivity contribution in [3.05, 3.63) is 231 Å². The van der Waals surface area contributed by atoms with Crippen molar-refractivity contribution in [3.63, 3.8) is 0 Å². The maximum atomic E-state index is 12.8. The van der Waals surface area contributed by atoms with Gasteiger partial charge in [0, 0.05) is 86.7 Å². The first-order valence-corrected chi connectivity index (χ1v) is 19.9. The highest BCUT2D eigenvalue weighted by atomic mass is 27.0. The summed E-state index contributed by atoms with van der Waals surface area (Å²) < 4.78 is 0. The van der Waals surface area contributed by atoms with Crippen LogP contribution in [0, 0.1) is 0 Å². The van der Waals surface area contributed by atoms with E-state index in [0.29, 0.717) is 36.0 Å². The van der Waals surface area contributed by atoms with Crippen LogP contribution in [0.5, 0.6) is 17.2 Å². The fourth-order valence-corrected chi connectivity index (χ4v) is 9.10. The van der Waals surface area contributed by atoms with Crippen molar-refractivity contribution < 1.29 is 29.7 Å². The summed E-state index contributed by atoms with van der Waals surface area (Å²) in [6.07, 6.45) is 1.82. The van der Waals surface area contributed by atoms with E-state index >= 15 is 0 Å². The minimum absolute atomic E-state index is 0. The molecule has 7 heteroatoms. The number of fused-ring (bicyclic) bond motifs is 12. The second-order valence-corrected chi connectivity index (χ2v) is 15.4. The third kappa shape index (κ3) is 6.65. The van der Waals surface area contributed by atoms with E-state index in [9.17, 15) is 29.7 Å². The fourth-order valence-electron chi connectivity index (χ4n) is 9.10. The summed E-state index contributed by atoms with van der Waals surface area (Å²) in [4.78, 5) is 38.3. The maximum absolute atomic E-state index is 12.8. The normalized spacial score (nSPS) is 12.9. The average molecular weight is 808 g/mol. The van der Waals surface area contributed by atoms with Gasteiger partial charge in [0.1, 0.15) is 17.2 Å². The van der Waals surface area contributed by atoms with Gasteiger partial charge in [-0.15, -0.1) is 0 Å². The van der Waals surface area contributed by atoms with E-state index in [1.54, 1.807) is 18.2 Å². The Balaban J connectivity index is 0.000000116. The summed E-state index contributed by atoms with van der Waals surface area (Å²) in [6.45, 7) is 0. The molecule has 0 saturated heterocycles. The van der Waals surface area contributed by atoms with Gasteiger partial charge in [0.2, 0.25) is 0 Å². The fraction of sp³-hybridized carbons (Fsp3) is 0.0556. The van der Waals surface area contributed by atoms with Gasteiger partial charge in [-0.1, -0.05) is 146 Å². The molecule has 0 spiro atoms. The Morgan fingerprint density at radius 3 is 0.869 bits per heavy atom. The molecule has 6 nitrogen and oxygen atoms in total. The number of ketones is 3. The van der Waals surface area contributed by atoms with Gasteiger partial charge in [0.25, 0.3) is 0 Å². The number of phenolic OH excluding ortho intramolecular Hbond substituents is 3. The van der Waals surface area contributed by atoms with Crippen molar-refractivity contribution >= 4 is 67.0 Å². The predicted molar refractivity (Wildman–Crippen MR) is 241 cm³/mol. The van der Waals surface area contributed by atoms with Gasteiger partial charge in [-0.25, -0.2) is 0 Å². The Hall–Kier alpha value is -7.30. The number of carbonyl (C=O) groups is 3. The summed E-state index contributed by atoms with van der Waals surface area (Å²) in [6, 6.07) is 51.2. The Labute approximate surface area is 362 Å². The van der Waals surface area contributed by atoms with Gasteiger partial charge in [-0.3, -0.25) is 14.4 Å². The third-order valence-electron chi connectivity index (χ3n) is 12.0. The van der Waals surface area contributed by atoms with Crippen LogP contribution in [-0.4, -0.2) is 50.0 Å². The number of rotatable bonds is 0. The first kappa shape index (κ1) is 39.2. The standard InChI is InChI=1S/3C18H12O2.Al/c3*19-16-10-12-6-1-3-7-13(12)17-15(16)9-11-5-2-4-8-14(11)18(17)20;/h3*1-8,10,19H,9H2;. The summed E-state index contributed by atoms with van der Waals surface area (Å²) in [5.74, 6) is 0.654. The highest BCUT2D eigenvalue weighted by Gasteiger charge is 2.30. The van der Waals surface area contributed by atoms with Crippen molar-refractivity contribution in [2.75, 3.05) is 0 Å².